The maximum atomic E-state index is 13.5. The van der Waals surface area contributed by atoms with Gasteiger partial charge in [-0.3, -0.25) is 9.59 Å². The number of Topliss-reactive ketones (excluding diaryl/α,β-unsaturated/α-hetero) is 2. The highest BCUT2D eigenvalue weighted by Gasteiger charge is 2.56. The molecule has 0 saturated heterocycles. The van der Waals surface area contributed by atoms with Crippen LogP contribution < -0.4 is 9.47 Å². The molecule has 0 fully saturated rings. The Bertz CT molecular complexity index is 911. The van der Waals surface area contributed by atoms with Crippen molar-refractivity contribution in [2.24, 2.45) is 11.3 Å². The molecule has 2 aliphatic carbocycles. The number of methoxy groups -OCH3 is 2. The summed E-state index contributed by atoms with van der Waals surface area (Å²) in [7, 11) is 2.92. The van der Waals surface area contributed by atoms with Crippen LogP contribution in [0.15, 0.2) is 47.6 Å². The largest absolute Gasteiger partial charge is 0.502 e. The van der Waals surface area contributed by atoms with Crippen molar-refractivity contribution in [2.75, 3.05) is 14.2 Å². The van der Waals surface area contributed by atoms with Crippen molar-refractivity contribution in [1.29, 1.82) is 0 Å². The first-order valence-electron chi connectivity index (χ1n) is 9.26. The van der Waals surface area contributed by atoms with Gasteiger partial charge in [0, 0.05) is 11.8 Å². The SMILES string of the molecule is C=CC1=CC[C@H]2C(=O)C(C)=C(C)C(=O)[C@@]2(C)[C@H]1c1cc(OC)c(O)c(OC)c1. The maximum absolute atomic E-state index is 13.5. The van der Waals surface area contributed by atoms with Crippen molar-refractivity contribution in [3.63, 3.8) is 0 Å². The van der Waals surface area contributed by atoms with E-state index in [0.29, 0.717) is 17.6 Å². The van der Waals surface area contributed by atoms with Gasteiger partial charge in [0.1, 0.15) is 0 Å². The lowest BCUT2D eigenvalue weighted by Crippen LogP contribution is -2.50. The summed E-state index contributed by atoms with van der Waals surface area (Å²) in [5.74, 6) is -0.467. The van der Waals surface area contributed by atoms with E-state index in [1.807, 2.05) is 13.0 Å². The predicted molar refractivity (Wildman–Crippen MR) is 107 cm³/mol. The first kappa shape index (κ1) is 19.9. The van der Waals surface area contributed by atoms with Gasteiger partial charge < -0.3 is 14.6 Å². The van der Waals surface area contributed by atoms with Crippen LogP contribution in [0.3, 0.4) is 0 Å². The summed E-state index contributed by atoms with van der Waals surface area (Å²) >= 11 is 0. The van der Waals surface area contributed by atoms with Crippen LogP contribution in [0.1, 0.15) is 38.7 Å². The first-order valence-corrected chi connectivity index (χ1v) is 9.26. The van der Waals surface area contributed by atoms with E-state index >= 15 is 0 Å². The number of hydrogen-bond acceptors (Lipinski definition) is 5. The van der Waals surface area contributed by atoms with Gasteiger partial charge >= 0.3 is 0 Å². The molecule has 1 aromatic carbocycles. The Hall–Kier alpha value is -2.82. The molecule has 0 amide bonds. The Morgan fingerprint density at radius 3 is 2.21 bits per heavy atom. The average molecular weight is 382 g/mol. The fourth-order valence-corrected chi connectivity index (χ4v) is 4.67. The molecule has 0 spiro atoms. The number of benzene rings is 1. The molecule has 0 bridgehead atoms. The van der Waals surface area contributed by atoms with E-state index < -0.39 is 17.3 Å². The van der Waals surface area contributed by atoms with Gasteiger partial charge in [-0.1, -0.05) is 25.7 Å². The summed E-state index contributed by atoms with van der Waals surface area (Å²) in [5, 5.41) is 10.3. The number of carbonyl (C=O) groups excluding carboxylic acids is 2. The van der Waals surface area contributed by atoms with Crippen LogP contribution in [0, 0.1) is 11.3 Å². The predicted octanol–water partition coefficient (Wildman–Crippen LogP) is 4.12. The van der Waals surface area contributed by atoms with E-state index in [2.05, 4.69) is 6.58 Å². The minimum atomic E-state index is -0.952. The second-order valence-corrected chi connectivity index (χ2v) is 7.63. The van der Waals surface area contributed by atoms with Crippen molar-refractivity contribution < 1.29 is 24.2 Å². The molecular formula is C23H26O5. The Kier molecular flexibility index (Phi) is 4.96. The molecule has 0 heterocycles. The highest BCUT2D eigenvalue weighted by molar-refractivity contribution is 6.15. The maximum Gasteiger partial charge on any atom is 0.200 e. The van der Waals surface area contributed by atoms with Crippen molar-refractivity contribution in [3.05, 3.63) is 53.1 Å². The fraction of sp³-hybridized carbons (Fsp3) is 0.391. The Labute approximate surface area is 165 Å². The highest BCUT2D eigenvalue weighted by atomic mass is 16.5. The van der Waals surface area contributed by atoms with Crippen LogP contribution in [0.2, 0.25) is 0 Å². The number of phenols is 1. The highest BCUT2D eigenvalue weighted by Crippen LogP contribution is 2.57. The Morgan fingerprint density at radius 1 is 1.14 bits per heavy atom. The van der Waals surface area contributed by atoms with Crippen molar-refractivity contribution in [2.45, 2.75) is 33.1 Å². The molecule has 148 valence electrons. The van der Waals surface area contributed by atoms with Crippen molar-refractivity contribution in [1.82, 2.24) is 0 Å². The molecule has 0 saturated carbocycles. The Balaban J connectivity index is 2.30. The number of ketones is 2. The molecule has 3 atom stereocenters. The summed E-state index contributed by atoms with van der Waals surface area (Å²) in [6, 6.07) is 3.40. The van der Waals surface area contributed by atoms with E-state index in [1.54, 1.807) is 32.1 Å². The van der Waals surface area contributed by atoms with E-state index in [-0.39, 0.29) is 28.8 Å². The molecule has 5 nitrogen and oxygen atoms in total. The zero-order valence-electron chi connectivity index (χ0n) is 17.0. The molecule has 1 aromatic rings. The number of hydrogen-bond donors (Lipinski definition) is 1. The van der Waals surface area contributed by atoms with Crippen LogP contribution in [0.5, 0.6) is 17.2 Å². The molecule has 0 unspecified atom stereocenters. The Morgan fingerprint density at radius 2 is 1.71 bits per heavy atom. The quantitative estimate of drug-likeness (QED) is 0.848. The molecule has 0 aliphatic heterocycles. The second-order valence-electron chi connectivity index (χ2n) is 7.63. The normalized spacial score (nSPS) is 27.2. The molecule has 0 radical (unpaired) electrons. The van der Waals surface area contributed by atoms with Crippen molar-refractivity contribution >= 4 is 11.6 Å². The number of allylic oxidation sites excluding steroid dienone is 5. The topological polar surface area (TPSA) is 72.8 Å². The third-order valence-electron chi connectivity index (χ3n) is 6.40. The van der Waals surface area contributed by atoms with Crippen LogP contribution in [0.4, 0.5) is 0 Å². The van der Waals surface area contributed by atoms with E-state index in [9.17, 15) is 14.7 Å². The van der Waals surface area contributed by atoms with Gasteiger partial charge in [0.05, 0.1) is 19.6 Å². The number of phenolic OH excluding ortho intramolecular Hbond substituents is 1. The van der Waals surface area contributed by atoms with E-state index in [4.69, 9.17) is 9.47 Å². The standard InChI is InChI=1S/C23H26O5/c1-7-14-8-9-16-20(24)12(2)13(3)22(26)23(16,4)19(14)15-10-17(27-5)21(25)18(11-15)28-6/h7-8,10-11,16,19,25H,1,9H2,2-6H3/t16-,19+,23+/m0/s1. The second kappa shape index (κ2) is 6.97. The molecule has 5 heteroatoms. The van der Waals surface area contributed by atoms with Crippen LogP contribution in [0.25, 0.3) is 0 Å². The lowest BCUT2D eigenvalue weighted by atomic mass is 9.52. The third-order valence-corrected chi connectivity index (χ3v) is 6.40. The molecule has 1 N–H and O–H groups in total. The van der Waals surface area contributed by atoms with E-state index in [1.165, 1.54) is 14.2 Å². The third kappa shape index (κ3) is 2.60. The zero-order valence-corrected chi connectivity index (χ0v) is 17.0. The summed E-state index contributed by atoms with van der Waals surface area (Å²) in [5.41, 5.74) is 1.71. The molecular weight excluding hydrogens is 356 g/mol. The van der Waals surface area contributed by atoms with Gasteiger partial charge in [0.25, 0.3) is 0 Å². The fourth-order valence-electron chi connectivity index (χ4n) is 4.67. The summed E-state index contributed by atoms with van der Waals surface area (Å²) in [6.45, 7) is 9.23. The molecule has 2 aliphatic rings. The van der Waals surface area contributed by atoms with Crippen LogP contribution in [-0.2, 0) is 9.59 Å². The van der Waals surface area contributed by atoms with Crippen molar-refractivity contribution in [3.8, 4) is 17.2 Å². The molecule has 28 heavy (non-hydrogen) atoms. The van der Waals surface area contributed by atoms with Crippen LogP contribution >= 0.6 is 0 Å². The van der Waals surface area contributed by atoms with Gasteiger partial charge in [-0.2, -0.15) is 0 Å². The number of fused-ring (bicyclic) bond motifs is 1. The number of rotatable bonds is 4. The summed E-state index contributed by atoms with van der Waals surface area (Å²) in [4.78, 5) is 26.5. The van der Waals surface area contributed by atoms with Crippen LogP contribution in [-0.4, -0.2) is 30.9 Å². The average Bonchev–Trinajstić information content (AvgIpc) is 2.70. The number of aromatic hydroxyl groups is 1. The minimum Gasteiger partial charge on any atom is -0.502 e. The summed E-state index contributed by atoms with van der Waals surface area (Å²) in [6.07, 6.45) is 4.21. The minimum absolute atomic E-state index is 0.0154. The lowest BCUT2D eigenvalue weighted by molar-refractivity contribution is -0.138. The smallest absolute Gasteiger partial charge is 0.200 e. The van der Waals surface area contributed by atoms with E-state index in [0.717, 1.165) is 11.1 Å². The van der Waals surface area contributed by atoms with Gasteiger partial charge in [-0.15, -0.1) is 0 Å². The summed E-state index contributed by atoms with van der Waals surface area (Å²) < 4.78 is 10.6. The monoisotopic (exact) mass is 382 g/mol. The first-order chi connectivity index (χ1) is 13.2. The zero-order chi connectivity index (χ0) is 20.8. The van der Waals surface area contributed by atoms with Gasteiger partial charge in [-0.25, -0.2) is 0 Å². The van der Waals surface area contributed by atoms with Gasteiger partial charge in [0.2, 0.25) is 5.75 Å². The number of ether oxygens (including phenoxy) is 2. The lowest BCUT2D eigenvalue weighted by Gasteiger charge is -2.48. The van der Waals surface area contributed by atoms with Gasteiger partial charge in [-0.05, 0) is 54.7 Å². The van der Waals surface area contributed by atoms with Gasteiger partial charge in [0.15, 0.2) is 23.1 Å². The molecule has 3 rings (SSSR count). The molecule has 0 aromatic heterocycles. The number of carbonyl (C=O) groups is 2.